The zero-order valence-corrected chi connectivity index (χ0v) is 12.1. The van der Waals surface area contributed by atoms with Gasteiger partial charge in [-0.05, 0) is 12.1 Å². The van der Waals surface area contributed by atoms with Crippen molar-refractivity contribution in [3.8, 4) is 5.75 Å². The molecule has 0 N–H and O–H groups in total. The van der Waals surface area contributed by atoms with Crippen LogP contribution in [0.5, 0.6) is 5.75 Å². The average molecular weight is 291 g/mol. The van der Waals surface area contributed by atoms with Gasteiger partial charge in [0.05, 0.1) is 25.4 Å². The van der Waals surface area contributed by atoms with Crippen molar-refractivity contribution in [2.75, 3.05) is 21.3 Å². The van der Waals surface area contributed by atoms with Gasteiger partial charge in [0.15, 0.2) is 11.3 Å². The standard InChI is InChI=1S/C14H13NO4S/c1-15(18-3)14(16)12-6-9-8-4-5-19-13(8)10(17-2)7-11(9)20-12/h4-7H,1-3H3. The number of ether oxygens (including phenoxy) is 1. The molecule has 3 rings (SSSR count). The van der Waals surface area contributed by atoms with E-state index in [0.29, 0.717) is 16.2 Å². The number of methoxy groups -OCH3 is 1. The zero-order valence-electron chi connectivity index (χ0n) is 11.3. The van der Waals surface area contributed by atoms with Crippen molar-refractivity contribution in [1.29, 1.82) is 0 Å². The number of thiophene rings is 1. The molecule has 0 saturated carbocycles. The van der Waals surface area contributed by atoms with E-state index >= 15 is 0 Å². The quantitative estimate of drug-likeness (QED) is 0.695. The van der Waals surface area contributed by atoms with Gasteiger partial charge in [-0.3, -0.25) is 9.63 Å². The number of nitrogens with zero attached hydrogens (tertiary/aromatic N) is 1. The number of amides is 1. The highest BCUT2D eigenvalue weighted by Gasteiger charge is 2.18. The summed E-state index contributed by atoms with van der Waals surface area (Å²) in [6.07, 6.45) is 1.62. The van der Waals surface area contributed by atoms with Gasteiger partial charge in [0.25, 0.3) is 5.91 Å². The van der Waals surface area contributed by atoms with E-state index in [2.05, 4.69) is 0 Å². The van der Waals surface area contributed by atoms with Crippen LogP contribution in [0.2, 0.25) is 0 Å². The van der Waals surface area contributed by atoms with Crippen LogP contribution in [0.1, 0.15) is 9.67 Å². The van der Waals surface area contributed by atoms with Gasteiger partial charge >= 0.3 is 0 Å². The van der Waals surface area contributed by atoms with Crippen LogP contribution in [-0.2, 0) is 4.84 Å². The molecule has 0 bridgehead atoms. The molecule has 104 valence electrons. The minimum absolute atomic E-state index is 0.177. The third-order valence-corrected chi connectivity index (χ3v) is 4.26. The molecule has 0 fully saturated rings. The Kier molecular flexibility index (Phi) is 3.11. The Hall–Kier alpha value is -2.05. The lowest BCUT2D eigenvalue weighted by molar-refractivity contribution is -0.0753. The lowest BCUT2D eigenvalue weighted by Crippen LogP contribution is -2.24. The van der Waals surface area contributed by atoms with Crippen molar-refractivity contribution >= 4 is 38.3 Å². The van der Waals surface area contributed by atoms with Crippen LogP contribution < -0.4 is 4.74 Å². The summed E-state index contributed by atoms with van der Waals surface area (Å²) in [7, 11) is 4.64. The van der Waals surface area contributed by atoms with Crippen LogP contribution in [0, 0.1) is 0 Å². The maximum Gasteiger partial charge on any atom is 0.287 e. The number of furan rings is 1. The van der Waals surface area contributed by atoms with Crippen molar-refractivity contribution in [3.63, 3.8) is 0 Å². The number of hydrogen-bond acceptors (Lipinski definition) is 5. The monoisotopic (exact) mass is 291 g/mol. The third kappa shape index (κ3) is 1.85. The highest BCUT2D eigenvalue weighted by atomic mass is 32.1. The third-order valence-electron chi connectivity index (χ3n) is 3.19. The molecule has 0 atom stereocenters. The summed E-state index contributed by atoms with van der Waals surface area (Å²) in [5, 5.41) is 3.12. The fourth-order valence-electron chi connectivity index (χ4n) is 2.11. The maximum atomic E-state index is 12.1. The van der Waals surface area contributed by atoms with Crippen molar-refractivity contribution in [1.82, 2.24) is 5.06 Å². The van der Waals surface area contributed by atoms with Gasteiger partial charge in [0, 0.05) is 28.6 Å². The van der Waals surface area contributed by atoms with Crippen LogP contribution >= 0.6 is 11.3 Å². The number of hydrogen-bond donors (Lipinski definition) is 0. The lowest BCUT2D eigenvalue weighted by atomic mass is 10.1. The molecule has 0 spiro atoms. The van der Waals surface area contributed by atoms with Gasteiger partial charge in [0.1, 0.15) is 0 Å². The predicted molar refractivity (Wildman–Crippen MR) is 77.3 cm³/mol. The molecular weight excluding hydrogens is 278 g/mol. The molecule has 0 aliphatic rings. The number of carbonyl (C=O) groups excluding carboxylic acids is 1. The Morgan fingerprint density at radius 2 is 2.10 bits per heavy atom. The van der Waals surface area contributed by atoms with Gasteiger partial charge in [-0.25, -0.2) is 5.06 Å². The smallest absolute Gasteiger partial charge is 0.287 e. The molecule has 6 heteroatoms. The van der Waals surface area contributed by atoms with Crippen molar-refractivity contribution in [2.24, 2.45) is 0 Å². The fraction of sp³-hybridized carbons (Fsp3) is 0.214. The Morgan fingerprint density at radius 3 is 2.80 bits per heavy atom. The number of hydroxylamine groups is 2. The number of carbonyl (C=O) groups is 1. The predicted octanol–water partition coefficient (Wildman–Crippen LogP) is 3.29. The van der Waals surface area contributed by atoms with Crippen LogP contribution in [0.3, 0.4) is 0 Å². The molecule has 20 heavy (non-hydrogen) atoms. The average Bonchev–Trinajstić information content (AvgIpc) is 3.09. The van der Waals surface area contributed by atoms with E-state index in [1.807, 2.05) is 18.2 Å². The van der Waals surface area contributed by atoms with Gasteiger partial charge in [0.2, 0.25) is 0 Å². The largest absolute Gasteiger partial charge is 0.493 e. The number of benzene rings is 1. The van der Waals surface area contributed by atoms with E-state index in [-0.39, 0.29) is 5.91 Å². The Labute approximate surface area is 119 Å². The van der Waals surface area contributed by atoms with Crippen LogP contribution in [0.4, 0.5) is 0 Å². The summed E-state index contributed by atoms with van der Waals surface area (Å²) >= 11 is 1.40. The molecule has 5 nitrogen and oxygen atoms in total. The summed E-state index contributed by atoms with van der Waals surface area (Å²) in [4.78, 5) is 17.7. The van der Waals surface area contributed by atoms with Gasteiger partial charge < -0.3 is 9.15 Å². The molecule has 2 heterocycles. The Bertz CT molecular complexity index is 789. The van der Waals surface area contributed by atoms with Gasteiger partial charge in [-0.2, -0.15) is 0 Å². The number of fused-ring (bicyclic) bond motifs is 3. The molecule has 0 aliphatic carbocycles. The molecular formula is C14H13NO4S. The lowest BCUT2D eigenvalue weighted by Gasteiger charge is -2.11. The van der Waals surface area contributed by atoms with Crippen LogP contribution in [-0.4, -0.2) is 32.2 Å². The highest BCUT2D eigenvalue weighted by molar-refractivity contribution is 7.21. The van der Waals surface area contributed by atoms with Gasteiger partial charge in [-0.1, -0.05) is 0 Å². The SMILES string of the molecule is COc1cc2sc(C(=O)N(C)OC)cc2c2ccoc12. The molecule has 0 saturated heterocycles. The van der Waals surface area contributed by atoms with Crippen molar-refractivity contribution in [3.05, 3.63) is 29.3 Å². The molecule has 1 aromatic carbocycles. The molecule has 1 amide bonds. The topological polar surface area (TPSA) is 51.9 Å². The minimum Gasteiger partial charge on any atom is -0.493 e. The molecule has 0 unspecified atom stereocenters. The first kappa shape index (κ1) is 13.0. The highest BCUT2D eigenvalue weighted by Crippen LogP contribution is 2.38. The van der Waals surface area contributed by atoms with E-state index < -0.39 is 0 Å². The molecule has 3 aromatic rings. The zero-order chi connectivity index (χ0) is 14.3. The summed E-state index contributed by atoms with van der Waals surface area (Å²) in [6, 6.07) is 5.62. The first-order valence-corrected chi connectivity index (χ1v) is 6.77. The fourth-order valence-corrected chi connectivity index (χ4v) is 3.19. The molecule has 0 aliphatic heterocycles. The second-order valence-corrected chi connectivity index (χ2v) is 5.33. The summed E-state index contributed by atoms with van der Waals surface area (Å²) < 4.78 is 11.7. The minimum atomic E-state index is -0.177. The van der Waals surface area contributed by atoms with Crippen LogP contribution in [0.15, 0.2) is 28.9 Å². The normalized spacial score (nSPS) is 11.2. The Balaban J connectivity index is 2.23. The molecule has 2 aromatic heterocycles. The van der Waals surface area contributed by atoms with Crippen molar-refractivity contribution < 1.29 is 18.8 Å². The van der Waals surface area contributed by atoms with Gasteiger partial charge in [-0.15, -0.1) is 11.3 Å². The first-order valence-electron chi connectivity index (χ1n) is 5.95. The van der Waals surface area contributed by atoms with Crippen molar-refractivity contribution in [2.45, 2.75) is 0 Å². The van der Waals surface area contributed by atoms with E-state index in [9.17, 15) is 4.79 Å². The van der Waals surface area contributed by atoms with E-state index in [1.165, 1.54) is 23.5 Å². The van der Waals surface area contributed by atoms with E-state index in [4.69, 9.17) is 14.0 Å². The van der Waals surface area contributed by atoms with E-state index in [1.54, 1.807) is 20.4 Å². The van der Waals surface area contributed by atoms with E-state index in [0.717, 1.165) is 15.5 Å². The number of rotatable bonds is 3. The first-order chi connectivity index (χ1) is 9.65. The summed E-state index contributed by atoms with van der Waals surface area (Å²) in [5.41, 5.74) is 0.692. The van der Waals surface area contributed by atoms with Crippen LogP contribution in [0.25, 0.3) is 21.1 Å². The molecule has 0 radical (unpaired) electrons. The second kappa shape index (κ2) is 4.81. The maximum absolute atomic E-state index is 12.1. The summed E-state index contributed by atoms with van der Waals surface area (Å²) in [6.45, 7) is 0. The summed E-state index contributed by atoms with van der Waals surface area (Å²) in [5.74, 6) is 0.489. The Morgan fingerprint density at radius 1 is 1.30 bits per heavy atom. The second-order valence-electron chi connectivity index (χ2n) is 4.25.